The quantitative estimate of drug-likeness (QED) is 0.537. The van der Waals surface area contributed by atoms with E-state index in [4.69, 9.17) is 10.7 Å². The molecule has 2 nitrogen and oxygen atoms in total. The van der Waals surface area contributed by atoms with Gasteiger partial charge in [0.15, 0.2) is 0 Å². The lowest BCUT2D eigenvalue weighted by molar-refractivity contribution is 0.573. The van der Waals surface area contributed by atoms with Gasteiger partial charge in [0.1, 0.15) is 10.7 Å². The van der Waals surface area contributed by atoms with Crippen molar-refractivity contribution in [2.24, 2.45) is 0 Å². The fourth-order valence-electron chi connectivity index (χ4n) is 0.762. The van der Waals surface area contributed by atoms with Gasteiger partial charge in [-0.25, -0.2) is 12.8 Å². The SMILES string of the molecule is O=S(=O)(Cl)c1c(F)cc(Br)cc1I. The van der Waals surface area contributed by atoms with Crippen LogP contribution in [0.15, 0.2) is 21.5 Å². The molecule has 0 fully saturated rings. The molecule has 0 radical (unpaired) electrons. The van der Waals surface area contributed by atoms with Crippen molar-refractivity contribution in [2.75, 3.05) is 0 Å². The average molecular weight is 399 g/mol. The predicted molar refractivity (Wildman–Crippen MR) is 59.9 cm³/mol. The minimum absolute atomic E-state index is 0.250. The maximum absolute atomic E-state index is 13.1. The lowest BCUT2D eigenvalue weighted by atomic mass is 10.3. The normalized spacial score (nSPS) is 11.7. The van der Waals surface area contributed by atoms with Crippen molar-refractivity contribution in [2.45, 2.75) is 4.90 Å². The second-order valence-corrected chi connectivity index (χ2v) is 6.72. The van der Waals surface area contributed by atoms with Gasteiger partial charge in [0, 0.05) is 18.7 Å². The molecule has 0 aliphatic carbocycles. The fraction of sp³-hybridized carbons (Fsp3) is 0. The molecule has 7 heteroatoms. The number of hydrogen-bond donors (Lipinski definition) is 0. The molecule has 0 aliphatic heterocycles. The van der Waals surface area contributed by atoms with Gasteiger partial charge in [-0.2, -0.15) is 0 Å². The zero-order valence-electron chi connectivity index (χ0n) is 5.89. The van der Waals surface area contributed by atoms with Crippen LogP contribution in [0.4, 0.5) is 4.39 Å². The van der Waals surface area contributed by atoms with Crippen LogP contribution in [-0.2, 0) is 9.05 Å². The van der Waals surface area contributed by atoms with E-state index in [0.29, 0.717) is 4.47 Å². The lowest BCUT2D eigenvalue weighted by Crippen LogP contribution is -1.98. The minimum atomic E-state index is -4.01. The molecule has 1 aromatic rings. The van der Waals surface area contributed by atoms with Crippen LogP contribution in [0.25, 0.3) is 0 Å². The molecule has 0 saturated carbocycles. The molecule has 1 aromatic carbocycles. The van der Waals surface area contributed by atoms with Crippen LogP contribution in [0.3, 0.4) is 0 Å². The van der Waals surface area contributed by atoms with Gasteiger partial charge >= 0.3 is 0 Å². The molecule has 0 atom stereocenters. The van der Waals surface area contributed by atoms with Crippen molar-refractivity contribution >= 4 is 58.3 Å². The third-order valence-corrected chi connectivity index (χ3v) is 4.25. The standard InChI is InChI=1S/C6H2BrClFIO2S/c7-3-1-4(9)6(5(10)2-3)13(8,11)12/h1-2H. The van der Waals surface area contributed by atoms with E-state index < -0.39 is 19.8 Å². The average Bonchev–Trinajstić information content (AvgIpc) is 1.78. The van der Waals surface area contributed by atoms with Crippen LogP contribution >= 0.6 is 49.2 Å². The first kappa shape index (κ1) is 11.7. The summed E-state index contributed by atoms with van der Waals surface area (Å²) >= 11 is 4.73. The monoisotopic (exact) mass is 398 g/mol. The van der Waals surface area contributed by atoms with Crippen LogP contribution in [0, 0.1) is 9.39 Å². The highest BCUT2D eigenvalue weighted by Gasteiger charge is 2.20. The van der Waals surface area contributed by atoms with Crippen molar-refractivity contribution in [3.8, 4) is 0 Å². The predicted octanol–water partition coefficient (Wildman–Crippen LogP) is 3.12. The molecule has 1 rings (SSSR count). The molecule has 0 aromatic heterocycles. The van der Waals surface area contributed by atoms with Crippen molar-refractivity contribution < 1.29 is 12.8 Å². The van der Waals surface area contributed by atoms with Crippen molar-refractivity contribution in [3.63, 3.8) is 0 Å². The Bertz CT molecular complexity index is 425. The summed E-state index contributed by atoms with van der Waals surface area (Å²) in [6.45, 7) is 0. The molecule has 0 heterocycles. The Morgan fingerprint density at radius 2 is 2.00 bits per heavy atom. The van der Waals surface area contributed by atoms with Crippen molar-refractivity contribution in [1.29, 1.82) is 0 Å². The Balaban J connectivity index is 3.57. The number of hydrogen-bond acceptors (Lipinski definition) is 2. The van der Waals surface area contributed by atoms with Gasteiger partial charge in [-0.1, -0.05) is 15.9 Å². The molecular formula is C6H2BrClFIO2S. The summed E-state index contributed by atoms with van der Waals surface area (Å²) in [6.07, 6.45) is 0. The molecule has 0 aliphatic rings. The molecule has 72 valence electrons. The Morgan fingerprint density at radius 3 is 2.38 bits per heavy atom. The fourth-order valence-corrected chi connectivity index (χ4v) is 4.53. The lowest BCUT2D eigenvalue weighted by Gasteiger charge is -2.02. The van der Waals surface area contributed by atoms with Gasteiger partial charge in [0.25, 0.3) is 9.05 Å². The van der Waals surface area contributed by atoms with Crippen LogP contribution in [0.2, 0.25) is 0 Å². The zero-order chi connectivity index (χ0) is 10.2. The van der Waals surface area contributed by atoms with Crippen molar-refractivity contribution in [3.05, 3.63) is 26.0 Å². The van der Waals surface area contributed by atoms with Crippen LogP contribution in [-0.4, -0.2) is 8.42 Å². The summed E-state index contributed by atoms with van der Waals surface area (Å²) in [7, 11) is 1.02. The van der Waals surface area contributed by atoms with E-state index in [1.54, 1.807) is 22.6 Å². The molecule has 0 amide bonds. The van der Waals surface area contributed by atoms with Gasteiger partial charge < -0.3 is 0 Å². The Morgan fingerprint density at radius 1 is 1.46 bits per heavy atom. The molecule has 0 spiro atoms. The summed E-state index contributed by atoms with van der Waals surface area (Å²) in [6, 6.07) is 2.52. The van der Waals surface area contributed by atoms with E-state index in [9.17, 15) is 12.8 Å². The van der Waals surface area contributed by atoms with Gasteiger partial charge in [-0.15, -0.1) is 0 Å². The Kier molecular flexibility index (Phi) is 3.59. The molecule has 0 bridgehead atoms. The van der Waals surface area contributed by atoms with Crippen LogP contribution in [0.1, 0.15) is 0 Å². The molecule has 0 unspecified atom stereocenters. The van der Waals surface area contributed by atoms with Gasteiger partial charge in [0.05, 0.1) is 0 Å². The van der Waals surface area contributed by atoms with Gasteiger partial charge in [0.2, 0.25) is 0 Å². The van der Waals surface area contributed by atoms with Gasteiger partial charge in [-0.3, -0.25) is 0 Å². The second-order valence-electron chi connectivity index (χ2n) is 2.14. The number of rotatable bonds is 1. The van der Waals surface area contributed by atoms with E-state index in [1.165, 1.54) is 6.07 Å². The first-order valence-corrected chi connectivity index (χ1v) is 7.09. The largest absolute Gasteiger partial charge is 0.265 e. The van der Waals surface area contributed by atoms with E-state index in [0.717, 1.165) is 6.07 Å². The molecular weight excluding hydrogens is 397 g/mol. The minimum Gasteiger partial charge on any atom is -0.207 e. The van der Waals surface area contributed by atoms with E-state index in [1.807, 2.05) is 0 Å². The Hall–Kier alpha value is 0.600. The molecule has 0 saturated heterocycles. The maximum atomic E-state index is 13.1. The highest BCUT2D eigenvalue weighted by atomic mass is 127. The second kappa shape index (κ2) is 4.00. The summed E-state index contributed by atoms with van der Waals surface area (Å²) in [5.41, 5.74) is 0. The summed E-state index contributed by atoms with van der Waals surface area (Å²) in [4.78, 5) is -0.474. The van der Waals surface area contributed by atoms with Crippen LogP contribution < -0.4 is 0 Å². The smallest absolute Gasteiger partial charge is 0.207 e. The summed E-state index contributed by atoms with van der Waals surface area (Å²) in [5, 5.41) is 0. The van der Waals surface area contributed by atoms with E-state index >= 15 is 0 Å². The first-order valence-electron chi connectivity index (χ1n) is 2.91. The first-order chi connectivity index (χ1) is 5.82. The highest BCUT2D eigenvalue weighted by Crippen LogP contribution is 2.28. The maximum Gasteiger partial charge on any atom is 0.265 e. The molecule has 13 heavy (non-hydrogen) atoms. The van der Waals surface area contributed by atoms with Gasteiger partial charge in [-0.05, 0) is 34.7 Å². The van der Waals surface area contributed by atoms with Crippen molar-refractivity contribution in [1.82, 2.24) is 0 Å². The third-order valence-electron chi connectivity index (χ3n) is 1.21. The zero-order valence-corrected chi connectivity index (χ0v) is 11.2. The summed E-state index contributed by atoms with van der Waals surface area (Å²) < 4.78 is 35.6. The Labute approximate surface area is 101 Å². The number of halogens is 4. The van der Waals surface area contributed by atoms with E-state index in [2.05, 4.69) is 15.9 Å². The summed E-state index contributed by atoms with van der Waals surface area (Å²) in [5.74, 6) is -0.853. The highest BCUT2D eigenvalue weighted by molar-refractivity contribution is 14.1. The van der Waals surface area contributed by atoms with E-state index in [-0.39, 0.29) is 3.57 Å². The third kappa shape index (κ3) is 2.77. The van der Waals surface area contributed by atoms with Crippen LogP contribution in [0.5, 0.6) is 0 Å². The molecule has 0 N–H and O–H groups in total. The number of benzene rings is 1. The topological polar surface area (TPSA) is 34.1 Å².